The largest absolute Gasteiger partial charge is 0.337 e. The minimum Gasteiger partial charge on any atom is -0.337 e. The number of hydrogen-bond donors (Lipinski definition) is 1. The summed E-state index contributed by atoms with van der Waals surface area (Å²) in [5.74, 6) is -1.29. The maximum absolute atomic E-state index is 17.1. The van der Waals surface area contributed by atoms with E-state index in [4.69, 9.17) is 28.2 Å². The Balaban J connectivity index is 1.33. The summed E-state index contributed by atoms with van der Waals surface area (Å²) in [6.45, 7) is 2.70. The van der Waals surface area contributed by atoms with E-state index in [0.29, 0.717) is 46.0 Å². The van der Waals surface area contributed by atoms with E-state index >= 15 is 4.39 Å². The standard InChI is InChI=1S/C37H34Cl2F3N5O/c1-16-22-14-28(35-23-12-20(13-24(23)36(41)42)46(35)37(48)17-7-8-17)47(33-19-11-27(33)44-15-19)34(22)25-10-18(4-3-9-43)29(31(40)32(25)45-16)21-5-2-6-26(38)30(21)39/h2,5-6,10,14,17,19-20,23-24,27,33,35-36,44H,3-4,7-8,11-13,15H2,1H3. The molecule has 6 nitrogen and oxygen atoms in total. The van der Waals surface area contributed by atoms with Crippen molar-refractivity contribution in [1.82, 2.24) is 19.8 Å². The Morgan fingerprint density at radius 3 is 2.67 bits per heavy atom. The fraction of sp³-hybridized carbons (Fsp3) is 0.486. The van der Waals surface area contributed by atoms with Crippen molar-refractivity contribution < 1.29 is 18.0 Å². The Bertz CT molecular complexity index is 2060. The number of amides is 1. The molecule has 7 atom stereocenters. The lowest BCUT2D eigenvalue weighted by atomic mass is 9.79. The molecule has 3 aliphatic heterocycles. The van der Waals surface area contributed by atoms with Crippen LogP contribution in [0.5, 0.6) is 0 Å². The molecular formula is C37H34Cl2F3N5O. The molecule has 2 aromatic heterocycles. The molecule has 4 aromatic rings. The second-order valence-corrected chi connectivity index (χ2v) is 15.3. The number of nitriles is 1. The van der Waals surface area contributed by atoms with Crippen LogP contribution in [0.3, 0.4) is 0 Å². The number of aromatic nitrogens is 2. The van der Waals surface area contributed by atoms with Crippen molar-refractivity contribution in [3.8, 4) is 17.2 Å². The van der Waals surface area contributed by atoms with Gasteiger partial charge in [0, 0.05) is 70.2 Å². The summed E-state index contributed by atoms with van der Waals surface area (Å²) >= 11 is 13.0. The number of nitrogens with zero attached hydrogens (tertiary/aromatic N) is 4. The molecule has 11 heteroatoms. The Morgan fingerprint density at radius 2 is 1.98 bits per heavy atom. The van der Waals surface area contributed by atoms with Gasteiger partial charge in [-0.05, 0) is 81.0 Å². The highest BCUT2D eigenvalue weighted by Gasteiger charge is 2.59. The molecule has 0 spiro atoms. The van der Waals surface area contributed by atoms with E-state index < -0.39 is 24.2 Å². The van der Waals surface area contributed by atoms with Crippen molar-refractivity contribution in [3.05, 3.63) is 63.1 Å². The molecule has 248 valence electrons. The van der Waals surface area contributed by atoms with E-state index in [-0.39, 0.29) is 64.8 Å². The zero-order valence-electron chi connectivity index (χ0n) is 26.3. The number of piperidine rings is 1. The number of fused-ring (bicyclic) bond motifs is 6. The number of nitrogens with one attached hydrogen (secondary N) is 1. The average Bonchev–Trinajstić information content (AvgIpc) is 3.47. The van der Waals surface area contributed by atoms with Gasteiger partial charge in [0.1, 0.15) is 5.52 Å². The molecule has 6 fully saturated rings. The van der Waals surface area contributed by atoms with Crippen LogP contribution in [0.1, 0.15) is 67.6 Å². The Morgan fingerprint density at radius 1 is 1.17 bits per heavy atom. The van der Waals surface area contributed by atoms with Crippen LogP contribution in [0.4, 0.5) is 13.2 Å². The van der Waals surface area contributed by atoms with E-state index in [1.807, 2.05) is 17.9 Å². The van der Waals surface area contributed by atoms with Gasteiger partial charge in [0.25, 0.3) is 0 Å². The van der Waals surface area contributed by atoms with E-state index in [2.05, 4.69) is 22.0 Å². The van der Waals surface area contributed by atoms with Crippen LogP contribution >= 0.6 is 23.2 Å². The first-order chi connectivity index (χ1) is 23.2. The van der Waals surface area contributed by atoms with Crippen LogP contribution in [0.25, 0.3) is 32.9 Å². The first-order valence-electron chi connectivity index (χ1n) is 17.0. The third kappa shape index (κ3) is 4.34. The van der Waals surface area contributed by atoms with E-state index in [1.54, 1.807) is 18.2 Å². The average molecular weight is 693 g/mol. The van der Waals surface area contributed by atoms with Gasteiger partial charge in [-0.25, -0.2) is 18.2 Å². The zero-order chi connectivity index (χ0) is 33.2. The summed E-state index contributed by atoms with van der Waals surface area (Å²) in [6, 6.07) is 10.8. The molecule has 10 rings (SSSR count). The normalized spacial score (nSPS) is 29.0. The van der Waals surface area contributed by atoms with Gasteiger partial charge in [-0.3, -0.25) is 4.79 Å². The van der Waals surface area contributed by atoms with Gasteiger partial charge in [0.2, 0.25) is 12.3 Å². The second kappa shape index (κ2) is 11.1. The van der Waals surface area contributed by atoms with Gasteiger partial charge < -0.3 is 14.8 Å². The summed E-state index contributed by atoms with van der Waals surface area (Å²) in [4.78, 5) is 20.7. The minimum absolute atomic E-state index is 0.0333. The molecule has 3 saturated carbocycles. The van der Waals surface area contributed by atoms with Crippen LogP contribution in [0.15, 0.2) is 30.3 Å². The van der Waals surface area contributed by atoms with Crippen molar-refractivity contribution in [2.75, 3.05) is 6.54 Å². The lowest BCUT2D eigenvalue weighted by Gasteiger charge is -2.43. The monoisotopic (exact) mass is 691 g/mol. The fourth-order valence-electron chi connectivity index (χ4n) is 9.68. The molecule has 6 aliphatic rings. The molecule has 2 aromatic carbocycles. The van der Waals surface area contributed by atoms with Crippen molar-refractivity contribution in [2.24, 2.45) is 23.7 Å². The number of aryl methyl sites for hydroxylation is 2. The number of hydrogen-bond acceptors (Lipinski definition) is 4. The van der Waals surface area contributed by atoms with Gasteiger partial charge in [0.15, 0.2) is 5.82 Å². The lowest BCUT2D eigenvalue weighted by molar-refractivity contribution is -0.139. The van der Waals surface area contributed by atoms with E-state index in [0.717, 1.165) is 42.4 Å². The molecule has 1 N–H and O–H groups in total. The zero-order valence-corrected chi connectivity index (χ0v) is 27.8. The quantitative estimate of drug-likeness (QED) is 0.211. The highest BCUT2D eigenvalue weighted by molar-refractivity contribution is 6.43. The predicted octanol–water partition coefficient (Wildman–Crippen LogP) is 8.55. The summed E-state index contributed by atoms with van der Waals surface area (Å²) in [6.07, 6.45) is 1.59. The maximum Gasteiger partial charge on any atom is 0.241 e. The Kier molecular flexibility index (Phi) is 7.10. The van der Waals surface area contributed by atoms with Gasteiger partial charge >= 0.3 is 0 Å². The topological polar surface area (TPSA) is 74.0 Å². The molecule has 4 bridgehead atoms. The number of rotatable bonds is 7. The van der Waals surface area contributed by atoms with Crippen LogP contribution in [-0.2, 0) is 11.2 Å². The minimum atomic E-state index is -2.46. The third-order valence-electron chi connectivity index (χ3n) is 12.0. The third-order valence-corrected chi connectivity index (χ3v) is 12.8. The predicted molar refractivity (Wildman–Crippen MR) is 179 cm³/mol. The maximum atomic E-state index is 17.1. The number of carbonyl (C=O) groups is 1. The number of benzene rings is 2. The van der Waals surface area contributed by atoms with Crippen molar-refractivity contribution >= 4 is 50.9 Å². The van der Waals surface area contributed by atoms with Crippen LogP contribution in [0.2, 0.25) is 10.0 Å². The summed E-state index contributed by atoms with van der Waals surface area (Å²) in [5, 5.41) is 15.1. The number of alkyl halides is 2. The van der Waals surface area contributed by atoms with Crippen LogP contribution in [-0.4, -0.2) is 45.4 Å². The molecule has 48 heavy (non-hydrogen) atoms. The Hall–Kier alpha value is -3.32. The first-order valence-corrected chi connectivity index (χ1v) is 17.7. The van der Waals surface area contributed by atoms with Crippen molar-refractivity contribution in [3.63, 3.8) is 0 Å². The van der Waals surface area contributed by atoms with Gasteiger partial charge in [-0.15, -0.1) is 0 Å². The number of likely N-dealkylation sites (tertiary alicyclic amines) is 1. The van der Waals surface area contributed by atoms with Crippen molar-refractivity contribution in [1.29, 1.82) is 5.26 Å². The smallest absolute Gasteiger partial charge is 0.241 e. The summed E-state index contributed by atoms with van der Waals surface area (Å²) < 4.78 is 48.5. The highest BCUT2D eigenvalue weighted by Crippen LogP contribution is 2.59. The molecular weight excluding hydrogens is 658 g/mol. The first kappa shape index (κ1) is 30.7. The lowest BCUT2D eigenvalue weighted by Crippen LogP contribution is -2.46. The summed E-state index contributed by atoms with van der Waals surface area (Å²) in [5.41, 5.74) is 3.80. The summed E-state index contributed by atoms with van der Waals surface area (Å²) in [7, 11) is 0. The molecule has 7 unspecified atom stereocenters. The van der Waals surface area contributed by atoms with E-state index in [1.165, 1.54) is 0 Å². The highest BCUT2D eigenvalue weighted by atomic mass is 35.5. The molecule has 3 saturated heterocycles. The second-order valence-electron chi connectivity index (χ2n) is 14.5. The van der Waals surface area contributed by atoms with Crippen LogP contribution < -0.4 is 5.32 Å². The SMILES string of the molecule is Cc1nc2c(F)c(-c3cccc(Cl)c3Cl)c(CCC#N)cc2c2c1cc(C1C3CC(CC3C(F)F)N1C(=O)C1CC1)n2C1C2CNC1C2. The number of carbonyl (C=O) groups excluding carboxylic acids is 1. The molecule has 1 amide bonds. The number of pyridine rings is 1. The Labute approximate surface area is 286 Å². The van der Waals surface area contributed by atoms with Crippen LogP contribution in [0, 0.1) is 47.7 Å². The molecule has 5 heterocycles. The fourth-order valence-corrected chi connectivity index (χ4v) is 10.1. The van der Waals surface area contributed by atoms with Crippen molar-refractivity contribution in [2.45, 2.75) is 82.5 Å². The van der Waals surface area contributed by atoms with Gasteiger partial charge in [-0.2, -0.15) is 5.26 Å². The van der Waals surface area contributed by atoms with E-state index in [9.17, 15) is 18.8 Å². The molecule has 3 aliphatic carbocycles. The van der Waals surface area contributed by atoms with Gasteiger partial charge in [-0.1, -0.05) is 35.3 Å². The number of halogens is 5. The molecule has 0 radical (unpaired) electrons. The van der Waals surface area contributed by atoms with Gasteiger partial charge in [0.05, 0.1) is 33.7 Å².